The highest BCUT2D eigenvalue weighted by Gasteiger charge is 2.06. The molecule has 150 valence electrons. The van der Waals surface area contributed by atoms with Gasteiger partial charge in [-0.15, -0.1) is 24.8 Å². The first-order valence-electron chi connectivity index (χ1n) is 9.02. The van der Waals surface area contributed by atoms with Gasteiger partial charge in [0.25, 0.3) is 0 Å². The molecule has 6 heteroatoms. The van der Waals surface area contributed by atoms with E-state index in [1.165, 1.54) is 5.56 Å². The third-order valence-electron chi connectivity index (χ3n) is 4.46. The predicted octanol–water partition coefficient (Wildman–Crippen LogP) is 4.20. The van der Waals surface area contributed by atoms with E-state index in [1.54, 1.807) is 0 Å². The van der Waals surface area contributed by atoms with Gasteiger partial charge in [0.15, 0.2) is 0 Å². The van der Waals surface area contributed by atoms with Crippen molar-refractivity contribution in [3.63, 3.8) is 0 Å². The topological polar surface area (TPSA) is 58.4 Å². The monoisotopic (exact) mass is 411 g/mol. The summed E-state index contributed by atoms with van der Waals surface area (Å²) >= 11 is 0. The SMILES string of the molecule is CCN(CC)Cc1cccc(CNC(=O)CCc2ccccc2N)c1.Cl.Cl. The van der Waals surface area contributed by atoms with Crippen molar-refractivity contribution in [2.75, 3.05) is 18.8 Å². The molecule has 0 bridgehead atoms. The third kappa shape index (κ3) is 8.65. The average Bonchev–Trinajstić information content (AvgIpc) is 2.64. The fourth-order valence-corrected chi connectivity index (χ4v) is 2.84. The molecule has 4 nitrogen and oxygen atoms in total. The first-order valence-corrected chi connectivity index (χ1v) is 9.02. The van der Waals surface area contributed by atoms with Gasteiger partial charge in [0, 0.05) is 25.2 Å². The van der Waals surface area contributed by atoms with E-state index >= 15 is 0 Å². The number of nitrogen functional groups attached to an aromatic ring is 1. The van der Waals surface area contributed by atoms with Gasteiger partial charge in [0.2, 0.25) is 5.91 Å². The van der Waals surface area contributed by atoms with Gasteiger partial charge < -0.3 is 11.1 Å². The minimum atomic E-state index is 0. The van der Waals surface area contributed by atoms with E-state index in [-0.39, 0.29) is 30.7 Å². The van der Waals surface area contributed by atoms with Crippen LogP contribution in [-0.4, -0.2) is 23.9 Å². The molecule has 0 atom stereocenters. The van der Waals surface area contributed by atoms with Crippen molar-refractivity contribution in [2.45, 2.75) is 39.8 Å². The second-order valence-electron chi connectivity index (χ2n) is 6.26. The molecule has 3 N–H and O–H groups in total. The standard InChI is InChI=1S/C21H29N3O.2ClH/c1-3-24(4-2)16-18-9-7-8-17(14-18)15-23-21(25)13-12-19-10-5-6-11-20(19)22;;/h5-11,14H,3-4,12-13,15-16,22H2,1-2H3,(H,23,25);2*1H. The van der Waals surface area contributed by atoms with Crippen LogP contribution in [0.2, 0.25) is 0 Å². The Morgan fingerprint density at radius 1 is 1.00 bits per heavy atom. The molecule has 1 amide bonds. The van der Waals surface area contributed by atoms with Crippen molar-refractivity contribution in [3.8, 4) is 0 Å². The lowest BCUT2D eigenvalue weighted by Crippen LogP contribution is -2.24. The minimum Gasteiger partial charge on any atom is -0.399 e. The molecule has 0 aliphatic heterocycles. The summed E-state index contributed by atoms with van der Waals surface area (Å²) in [6.07, 6.45) is 1.12. The van der Waals surface area contributed by atoms with Crippen LogP contribution >= 0.6 is 24.8 Å². The Bertz CT molecular complexity index is 691. The molecule has 0 aliphatic carbocycles. The molecule has 27 heavy (non-hydrogen) atoms. The highest BCUT2D eigenvalue weighted by atomic mass is 35.5. The van der Waals surface area contributed by atoms with Crippen molar-refractivity contribution >= 4 is 36.4 Å². The largest absolute Gasteiger partial charge is 0.399 e. The van der Waals surface area contributed by atoms with Gasteiger partial charge in [-0.05, 0) is 42.3 Å². The maximum Gasteiger partial charge on any atom is 0.220 e. The van der Waals surface area contributed by atoms with Crippen LogP contribution in [0, 0.1) is 0 Å². The van der Waals surface area contributed by atoms with Crippen LogP contribution in [-0.2, 0) is 24.3 Å². The second kappa shape index (κ2) is 13.4. The van der Waals surface area contributed by atoms with E-state index in [1.807, 2.05) is 24.3 Å². The Morgan fingerprint density at radius 2 is 1.67 bits per heavy atom. The summed E-state index contributed by atoms with van der Waals surface area (Å²) in [7, 11) is 0. The quantitative estimate of drug-likeness (QED) is 0.607. The number of nitrogens with one attached hydrogen (secondary N) is 1. The van der Waals surface area contributed by atoms with Crippen LogP contribution in [0.5, 0.6) is 0 Å². The molecule has 0 radical (unpaired) electrons. The lowest BCUT2D eigenvalue weighted by atomic mass is 10.1. The average molecular weight is 412 g/mol. The van der Waals surface area contributed by atoms with Crippen molar-refractivity contribution in [3.05, 3.63) is 65.2 Å². The third-order valence-corrected chi connectivity index (χ3v) is 4.46. The van der Waals surface area contributed by atoms with Gasteiger partial charge in [-0.3, -0.25) is 9.69 Å². The van der Waals surface area contributed by atoms with Crippen LogP contribution < -0.4 is 11.1 Å². The number of nitrogens with two attached hydrogens (primary N) is 1. The lowest BCUT2D eigenvalue weighted by molar-refractivity contribution is -0.121. The van der Waals surface area contributed by atoms with E-state index in [4.69, 9.17) is 5.73 Å². The van der Waals surface area contributed by atoms with Gasteiger partial charge in [-0.2, -0.15) is 0 Å². The molecular weight excluding hydrogens is 381 g/mol. The van der Waals surface area contributed by atoms with Crippen molar-refractivity contribution in [1.82, 2.24) is 10.2 Å². The number of halogens is 2. The van der Waals surface area contributed by atoms with E-state index in [0.717, 1.165) is 36.4 Å². The van der Waals surface area contributed by atoms with Crippen molar-refractivity contribution in [1.29, 1.82) is 0 Å². The van der Waals surface area contributed by atoms with Crippen LogP contribution in [0.3, 0.4) is 0 Å². The highest BCUT2D eigenvalue weighted by Crippen LogP contribution is 2.13. The Labute approximate surface area is 175 Å². The van der Waals surface area contributed by atoms with E-state index in [2.05, 4.69) is 48.3 Å². The number of nitrogens with zero attached hydrogens (tertiary/aromatic N) is 1. The van der Waals surface area contributed by atoms with Gasteiger partial charge >= 0.3 is 0 Å². The van der Waals surface area contributed by atoms with Gasteiger partial charge in [0.05, 0.1) is 0 Å². The Kier molecular flexibility index (Phi) is 12.6. The number of rotatable bonds is 9. The Hall–Kier alpha value is -1.75. The van der Waals surface area contributed by atoms with Gasteiger partial charge in [-0.1, -0.05) is 56.3 Å². The minimum absolute atomic E-state index is 0. The normalized spacial score (nSPS) is 10.0. The molecule has 0 heterocycles. The number of anilines is 1. The van der Waals surface area contributed by atoms with Gasteiger partial charge in [-0.25, -0.2) is 0 Å². The lowest BCUT2D eigenvalue weighted by Gasteiger charge is -2.18. The molecule has 0 aromatic heterocycles. The molecule has 0 unspecified atom stereocenters. The maximum atomic E-state index is 12.1. The molecular formula is C21H31Cl2N3O. The summed E-state index contributed by atoms with van der Waals surface area (Å²) in [5.41, 5.74) is 10.1. The first kappa shape index (κ1) is 25.2. The second-order valence-corrected chi connectivity index (χ2v) is 6.26. The molecule has 0 fully saturated rings. The number of hydrogen-bond donors (Lipinski definition) is 2. The Morgan fingerprint density at radius 3 is 2.33 bits per heavy atom. The van der Waals surface area contributed by atoms with Crippen LogP contribution in [0.4, 0.5) is 5.69 Å². The number of carbonyl (C=O) groups excluding carboxylic acids is 1. The zero-order valence-electron chi connectivity index (χ0n) is 16.1. The number of para-hydroxylation sites is 1. The van der Waals surface area contributed by atoms with Crippen LogP contribution in [0.15, 0.2) is 48.5 Å². The molecule has 0 spiro atoms. The number of benzene rings is 2. The van der Waals surface area contributed by atoms with E-state index in [9.17, 15) is 4.79 Å². The van der Waals surface area contributed by atoms with Crippen molar-refractivity contribution in [2.24, 2.45) is 0 Å². The Balaban J connectivity index is 0.00000338. The molecule has 2 aromatic carbocycles. The smallest absolute Gasteiger partial charge is 0.220 e. The van der Waals surface area contributed by atoms with Gasteiger partial charge in [0.1, 0.15) is 0 Å². The molecule has 0 saturated carbocycles. The molecule has 0 aliphatic rings. The molecule has 2 aromatic rings. The van der Waals surface area contributed by atoms with Crippen LogP contribution in [0.1, 0.15) is 37.0 Å². The number of amides is 1. The summed E-state index contributed by atoms with van der Waals surface area (Å²) in [4.78, 5) is 14.5. The summed E-state index contributed by atoms with van der Waals surface area (Å²) in [5.74, 6) is 0.0531. The summed E-state index contributed by atoms with van der Waals surface area (Å²) < 4.78 is 0. The maximum absolute atomic E-state index is 12.1. The summed E-state index contributed by atoms with van der Waals surface area (Å²) in [5, 5.41) is 3.00. The van der Waals surface area contributed by atoms with Crippen LogP contribution in [0.25, 0.3) is 0 Å². The fraction of sp³-hybridized carbons (Fsp3) is 0.381. The molecule has 0 saturated heterocycles. The number of carbonyl (C=O) groups is 1. The van der Waals surface area contributed by atoms with E-state index in [0.29, 0.717) is 19.4 Å². The highest BCUT2D eigenvalue weighted by molar-refractivity contribution is 5.85. The summed E-state index contributed by atoms with van der Waals surface area (Å²) in [6.45, 7) is 7.94. The van der Waals surface area contributed by atoms with E-state index < -0.39 is 0 Å². The predicted molar refractivity (Wildman–Crippen MR) is 119 cm³/mol. The first-order chi connectivity index (χ1) is 12.1. The zero-order valence-corrected chi connectivity index (χ0v) is 17.7. The fourth-order valence-electron chi connectivity index (χ4n) is 2.84. The summed E-state index contributed by atoms with van der Waals surface area (Å²) in [6, 6.07) is 16.1. The molecule has 2 rings (SSSR count). The number of hydrogen-bond acceptors (Lipinski definition) is 3. The van der Waals surface area contributed by atoms with Crippen molar-refractivity contribution < 1.29 is 4.79 Å². The number of aryl methyl sites for hydroxylation is 1. The zero-order chi connectivity index (χ0) is 18.1.